The molecule has 57 heavy (non-hydrogen) atoms. The number of aliphatic hydroxyl groups excluding tert-OH is 2. The number of carbonyl (C=O) groups is 6. The van der Waals surface area contributed by atoms with Crippen LogP contribution < -0.4 is 11.1 Å². The van der Waals surface area contributed by atoms with Crippen LogP contribution >= 0.6 is 0 Å². The summed E-state index contributed by atoms with van der Waals surface area (Å²) >= 11 is 0. The van der Waals surface area contributed by atoms with Crippen molar-refractivity contribution in [2.75, 3.05) is 13.7 Å². The van der Waals surface area contributed by atoms with Gasteiger partial charge in [0.2, 0.25) is 5.91 Å². The number of aromatic hydroxyl groups is 2. The Bertz CT molecular complexity index is 2000. The summed E-state index contributed by atoms with van der Waals surface area (Å²) in [5.41, 5.74) is 0.441. The Hall–Kier alpha value is -4.72. The number of phenolic OH excluding ortho intramolecular Hbond substituents is 2. The first kappa shape index (κ1) is 40.5. The lowest BCUT2D eigenvalue weighted by Gasteiger charge is -2.50. The van der Waals surface area contributed by atoms with Crippen molar-refractivity contribution < 1.29 is 73.3 Å². The maximum Gasteiger partial charge on any atom is 0.333 e. The van der Waals surface area contributed by atoms with Crippen LogP contribution in [0.15, 0.2) is 23.5 Å². The Morgan fingerprint density at radius 3 is 2.44 bits per heavy atom. The summed E-state index contributed by atoms with van der Waals surface area (Å²) < 4.78 is 17.8. The minimum Gasteiger partial charge on any atom is -0.507 e. The Labute approximate surface area is 326 Å². The maximum absolute atomic E-state index is 14.2. The lowest BCUT2D eigenvalue weighted by Crippen LogP contribution is -2.68. The monoisotopic (exact) mass is 797 g/mol. The number of nitrogens with zero attached hydrogens (tertiary/aromatic N) is 1. The van der Waals surface area contributed by atoms with Crippen molar-refractivity contribution in [3.8, 4) is 11.5 Å². The lowest BCUT2D eigenvalue weighted by atomic mass is 9.62. The molecule has 7 unspecified atom stereocenters. The number of phenols is 2. The van der Waals surface area contributed by atoms with Gasteiger partial charge in [0.15, 0.2) is 17.9 Å². The van der Waals surface area contributed by atoms with E-state index in [-0.39, 0.29) is 73.8 Å². The van der Waals surface area contributed by atoms with E-state index in [1.54, 1.807) is 19.1 Å². The highest BCUT2D eigenvalue weighted by Crippen LogP contribution is 2.58. The van der Waals surface area contributed by atoms with Crippen molar-refractivity contribution in [1.82, 2.24) is 10.4 Å². The second-order valence-corrected chi connectivity index (χ2v) is 16.1. The summed E-state index contributed by atoms with van der Waals surface area (Å²) in [6.07, 6.45) is -2.44. The average Bonchev–Trinajstić information content (AvgIpc) is 3.65. The first-order valence-electron chi connectivity index (χ1n) is 19.1. The Morgan fingerprint density at radius 1 is 1.09 bits per heavy atom. The fourth-order valence-corrected chi connectivity index (χ4v) is 9.15. The topological polar surface area (TPSA) is 282 Å². The van der Waals surface area contributed by atoms with Crippen LogP contribution in [-0.4, -0.2) is 109 Å². The summed E-state index contributed by atoms with van der Waals surface area (Å²) in [5, 5.41) is 60.9. The first-order valence-corrected chi connectivity index (χ1v) is 19.1. The molecular weight excluding hydrogens is 750 g/mol. The number of hydroxylamine groups is 2. The van der Waals surface area contributed by atoms with E-state index < -0.39 is 130 Å². The second kappa shape index (κ2) is 14.6. The zero-order valence-corrected chi connectivity index (χ0v) is 31.7. The summed E-state index contributed by atoms with van der Waals surface area (Å²) in [6.45, 7) is 2.77. The minimum absolute atomic E-state index is 0.00865. The quantitative estimate of drug-likeness (QED) is 0.0873. The summed E-state index contributed by atoms with van der Waals surface area (Å²) in [7, 11) is 1.34. The number of benzene rings is 1. The number of rotatable bonds is 12. The SMILES string of the molecule is COC1=C2C(=O)c3c(O)c4c(c(O)c3C(=O)C2(C)CC=C1)C[C@@](O)(C(O)CNC(=O)CCCCC(=O)ON1C(=O)CCC1=O)C[C@@H]4OC1CC2C(O)C(C)C2(N)O1. The molecule has 7 rings (SSSR count). The van der Waals surface area contributed by atoms with E-state index in [9.17, 15) is 54.3 Å². The van der Waals surface area contributed by atoms with Crippen molar-refractivity contribution in [3.63, 3.8) is 0 Å². The van der Waals surface area contributed by atoms with Gasteiger partial charge in [-0.05, 0) is 32.3 Å². The van der Waals surface area contributed by atoms with E-state index in [1.165, 1.54) is 14.0 Å². The third kappa shape index (κ3) is 6.51. The number of ketones is 2. The molecular formula is C39H47N3O15. The molecule has 0 aromatic heterocycles. The number of amides is 3. The third-order valence-corrected chi connectivity index (χ3v) is 12.6. The van der Waals surface area contributed by atoms with Gasteiger partial charge in [-0.2, -0.15) is 0 Å². The first-order chi connectivity index (χ1) is 26.9. The number of hydrogen-bond donors (Lipinski definition) is 7. The van der Waals surface area contributed by atoms with Crippen LogP contribution in [0.1, 0.15) is 110 Å². The van der Waals surface area contributed by atoms with E-state index in [0.717, 1.165) is 0 Å². The molecule has 1 aromatic carbocycles. The normalized spacial score (nSPS) is 33.3. The zero-order chi connectivity index (χ0) is 41.4. The molecule has 1 saturated carbocycles. The number of carbonyl (C=O) groups excluding carboxylic acids is 6. The smallest absolute Gasteiger partial charge is 0.333 e. The van der Waals surface area contributed by atoms with Crippen molar-refractivity contribution in [1.29, 1.82) is 0 Å². The summed E-state index contributed by atoms with van der Waals surface area (Å²) in [5.74, 6) is -6.13. The fourth-order valence-electron chi connectivity index (χ4n) is 9.15. The van der Waals surface area contributed by atoms with E-state index in [0.29, 0.717) is 5.06 Å². The molecule has 2 aliphatic heterocycles. The Balaban J connectivity index is 1.11. The van der Waals surface area contributed by atoms with Crippen LogP contribution in [-0.2, 0) is 44.6 Å². The number of imide groups is 1. The maximum atomic E-state index is 14.2. The van der Waals surface area contributed by atoms with Gasteiger partial charge in [-0.15, -0.1) is 5.06 Å². The van der Waals surface area contributed by atoms with Gasteiger partial charge < -0.3 is 55.6 Å². The number of fused-ring (bicyclic) bond motifs is 4. The van der Waals surface area contributed by atoms with Crippen LogP contribution in [0.5, 0.6) is 11.5 Å². The third-order valence-electron chi connectivity index (χ3n) is 12.6. The number of ether oxygens (including phenoxy) is 3. The summed E-state index contributed by atoms with van der Waals surface area (Å²) in [4.78, 5) is 81.4. The molecule has 6 aliphatic rings. The largest absolute Gasteiger partial charge is 0.507 e. The molecule has 2 heterocycles. The number of allylic oxidation sites excluding steroid dienone is 3. The van der Waals surface area contributed by atoms with E-state index >= 15 is 0 Å². The highest BCUT2D eigenvalue weighted by atomic mass is 16.7. The van der Waals surface area contributed by atoms with Crippen molar-refractivity contribution >= 4 is 35.3 Å². The van der Waals surface area contributed by atoms with Gasteiger partial charge in [0.05, 0.1) is 47.0 Å². The molecule has 3 amide bonds. The highest BCUT2D eigenvalue weighted by molar-refractivity contribution is 6.28. The molecule has 9 atom stereocenters. The van der Waals surface area contributed by atoms with Crippen molar-refractivity contribution in [2.24, 2.45) is 23.0 Å². The molecule has 18 heteroatoms. The lowest BCUT2D eigenvalue weighted by molar-refractivity contribution is -0.257. The van der Waals surface area contributed by atoms with Gasteiger partial charge in [0, 0.05) is 74.5 Å². The van der Waals surface area contributed by atoms with Crippen LogP contribution in [0.3, 0.4) is 0 Å². The molecule has 4 aliphatic carbocycles. The van der Waals surface area contributed by atoms with Gasteiger partial charge in [-0.25, -0.2) is 4.79 Å². The number of unbranched alkanes of at least 4 members (excludes halogenated alkanes) is 1. The number of hydrogen-bond acceptors (Lipinski definition) is 16. The van der Waals surface area contributed by atoms with E-state index in [4.69, 9.17) is 24.8 Å². The number of nitrogens with one attached hydrogen (secondary N) is 1. The number of nitrogens with two attached hydrogens (primary N) is 1. The molecule has 18 nitrogen and oxygen atoms in total. The number of methoxy groups -OCH3 is 1. The van der Waals surface area contributed by atoms with Gasteiger partial charge in [0.25, 0.3) is 11.8 Å². The average molecular weight is 798 g/mol. The molecule has 2 saturated heterocycles. The summed E-state index contributed by atoms with van der Waals surface area (Å²) in [6, 6.07) is 0. The molecule has 8 N–H and O–H groups in total. The predicted molar refractivity (Wildman–Crippen MR) is 191 cm³/mol. The molecule has 308 valence electrons. The zero-order valence-electron chi connectivity index (χ0n) is 31.7. The number of Topliss-reactive ketones (excluding diaryl/α,β-unsaturated/α-hetero) is 2. The molecule has 1 aromatic rings. The van der Waals surface area contributed by atoms with E-state index in [2.05, 4.69) is 5.32 Å². The molecule has 0 spiro atoms. The second-order valence-electron chi connectivity index (χ2n) is 16.1. The standard InChI is InChI=1S/C39H47N3O15/c1-17-32(48)19-13-27(56-39(17,19)40)55-21-15-38(53,22(43)16-41-23(44)8-4-5-9-26(47)57-42-24(45)10-11-25(42)46)14-18-28(21)34(50)29-30(33(18)49)36(52)37(2)12-6-7-20(54-3)31(37)35(29)51/h6-7,17,19,21-22,27,32,43,48-50,53H,4-5,8-16,40H2,1-3H3,(H,41,44)/t17?,19?,21-,22?,27?,32?,37?,38-,39?/m0/s1. The molecule has 3 fully saturated rings. The van der Waals surface area contributed by atoms with E-state index in [1.807, 2.05) is 0 Å². The Morgan fingerprint density at radius 2 is 1.77 bits per heavy atom. The van der Waals surface area contributed by atoms with Crippen LogP contribution in [0.4, 0.5) is 0 Å². The Kier molecular flexibility index (Phi) is 10.4. The fraction of sp³-hybridized carbons (Fsp3) is 0.590. The van der Waals surface area contributed by atoms with Crippen LogP contribution in [0.2, 0.25) is 0 Å². The van der Waals surface area contributed by atoms with Gasteiger partial charge >= 0.3 is 5.97 Å². The molecule has 0 radical (unpaired) electrons. The minimum atomic E-state index is -2.16. The van der Waals surface area contributed by atoms with Crippen LogP contribution in [0, 0.1) is 17.3 Å². The van der Waals surface area contributed by atoms with Crippen LogP contribution in [0.25, 0.3) is 0 Å². The molecule has 0 bridgehead atoms. The van der Waals surface area contributed by atoms with Gasteiger partial charge in [-0.3, -0.25) is 24.0 Å². The highest BCUT2D eigenvalue weighted by Gasteiger charge is 2.64. The van der Waals surface area contributed by atoms with Crippen molar-refractivity contribution in [3.05, 3.63) is 45.7 Å². The predicted octanol–water partition coefficient (Wildman–Crippen LogP) is 0.751. The van der Waals surface area contributed by atoms with Gasteiger partial charge in [0.1, 0.15) is 29.1 Å². The number of aliphatic hydroxyl groups is 3. The van der Waals surface area contributed by atoms with Gasteiger partial charge in [-0.1, -0.05) is 13.0 Å². The van der Waals surface area contributed by atoms with Crippen molar-refractivity contribution in [2.45, 2.75) is 114 Å².